The van der Waals surface area contributed by atoms with E-state index in [2.05, 4.69) is 10.3 Å². The quantitative estimate of drug-likeness (QED) is 0.752. The van der Waals surface area contributed by atoms with Gasteiger partial charge in [-0.25, -0.2) is 9.37 Å². The maximum absolute atomic E-state index is 13.1. The van der Waals surface area contributed by atoms with E-state index < -0.39 is 11.9 Å². The maximum Gasteiger partial charge on any atom is 0.244 e. The van der Waals surface area contributed by atoms with Gasteiger partial charge in [0.15, 0.2) is 11.5 Å². The molecule has 4 rings (SSSR count). The van der Waals surface area contributed by atoms with E-state index >= 15 is 0 Å². The van der Waals surface area contributed by atoms with Gasteiger partial charge in [-0.15, -0.1) is 0 Å². The number of benzene rings is 2. The second-order valence-corrected chi connectivity index (χ2v) is 6.04. The Morgan fingerprint density at radius 2 is 2.00 bits per heavy atom. The Hall–Kier alpha value is -2.89. The normalized spacial score (nSPS) is 15.4. The van der Waals surface area contributed by atoms with Crippen molar-refractivity contribution >= 4 is 22.7 Å². The standard InChI is InChI=1S/C18H16FN3O2/c19-12-5-3-10(4-6-12)16(17(20)23)21-13-7-8-15-14(9-13)22-18(24-15)11-1-2-11/h3-9,11,16,21H,1-2H2,(H2,20,23). The van der Waals surface area contributed by atoms with Gasteiger partial charge < -0.3 is 15.5 Å². The second kappa shape index (κ2) is 5.63. The molecule has 1 amide bonds. The molecule has 1 aliphatic rings. The van der Waals surface area contributed by atoms with E-state index in [0.717, 1.165) is 29.8 Å². The molecule has 1 aliphatic carbocycles. The number of halogens is 1. The Morgan fingerprint density at radius 1 is 1.25 bits per heavy atom. The molecule has 1 fully saturated rings. The molecule has 1 unspecified atom stereocenters. The highest BCUT2D eigenvalue weighted by Crippen LogP contribution is 2.40. The van der Waals surface area contributed by atoms with Gasteiger partial charge in [0.2, 0.25) is 5.91 Å². The average Bonchev–Trinajstić information content (AvgIpc) is 3.33. The van der Waals surface area contributed by atoms with Crippen molar-refractivity contribution in [3.05, 3.63) is 59.7 Å². The van der Waals surface area contributed by atoms with Crippen LogP contribution >= 0.6 is 0 Å². The summed E-state index contributed by atoms with van der Waals surface area (Å²) in [5.41, 5.74) is 8.25. The van der Waals surface area contributed by atoms with Crippen LogP contribution in [0.25, 0.3) is 11.1 Å². The van der Waals surface area contributed by atoms with Crippen LogP contribution in [0.3, 0.4) is 0 Å². The highest BCUT2D eigenvalue weighted by Gasteiger charge is 2.29. The molecule has 2 aromatic carbocycles. The molecule has 3 N–H and O–H groups in total. The molecule has 3 aromatic rings. The highest BCUT2D eigenvalue weighted by molar-refractivity contribution is 5.86. The third-order valence-electron chi connectivity index (χ3n) is 4.13. The lowest BCUT2D eigenvalue weighted by Crippen LogP contribution is -2.27. The Kier molecular flexibility index (Phi) is 3.45. The van der Waals surface area contributed by atoms with Gasteiger partial charge in [0.1, 0.15) is 17.4 Å². The van der Waals surface area contributed by atoms with Crippen molar-refractivity contribution in [3.63, 3.8) is 0 Å². The largest absolute Gasteiger partial charge is 0.440 e. The number of rotatable bonds is 5. The van der Waals surface area contributed by atoms with Crippen LogP contribution in [0.5, 0.6) is 0 Å². The predicted molar refractivity (Wildman–Crippen MR) is 87.9 cm³/mol. The topological polar surface area (TPSA) is 81.2 Å². The minimum atomic E-state index is -0.752. The summed E-state index contributed by atoms with van der Waals surface area (Å²) in [5, 5.41) is 3.08. The molecule has 122 valence electrons. The molecule has 1 heterocycles. The monoisotopic (exact) mass is 325 g/mol. The fourth-order valence-corrected chi connectivity index (χ4v) is 2.68. The number of oxazole rings is 1. The average molecular weight is 325 g/mol. The number of carbonyl (C=O) groups excluding carboxylic acids is 1. The number of nitrogens with zero attached hydrogens (tertiary/aromatic N) is 1. The number of primary amides is 1. The molecule has 0 bridgehead atoms. The molecule has 6 heteroatoms. The Balaban J connectivity index is 1.62. The smallest absolute Gasteiger partial charge is 0.244 e. The minimum Gasteiger partial charge on any atom is -0.440 e. The number of aromatic nitrogens is 1. The van der Waals surface area contributed by atoms with Crippen LogP contribution in [0.15, 0.2) is 46.9 Å². The van der Waals surface area contributed by atoms with Crippen LogP contribution in [0.2, 0.25) is 0 Å². The Bertz CT molecular complexity index is 900. The van der Waals surface area contributed by atoms with Gasteiger partial charge in [0, 0.05) is 11.6 Å². The Labute approximate surface area is 137 Å². The molecule has 0 aliphatic heterocycles. The van der Waals surface area contributed by atoms with E-state index in [0.29, 0.717) is 17.2 Å². The van der Waals surface area contributed by atoms with Gasteiger partial charge in [-0.3, -0.25) is 4.79 Å². The van der Waals surface area contributed by atoms with Crippen molar-refractivity contribution in [2.75, 3.05) is 5.32 Å². The van der Waals surface area contributed by atoms with E-state index in [1.807, 2.05) is 18.2 Å². The number of hydrogen-bond donors (Lipinski definition) is 2. The highest BCUT2D eigenvalue weighted by atomic mass is 19.1. The number of anilines is 1. The lowest BCUT2D eigenvalue weighted by atomic mass is 10.1. The van der Waals surface area contributed by atoms with Crippen LogP contribution in [0.1, 0.15) is 36.3 Å². The summed E-state index contributed by atoms with van der Waals surface area (Å²) in [6.07, 6.45) is 2.23. The van der Waals surface area contributed by atoms with Gasteiger partial charge in [-0.2, -0.15) is 0 Å². The molecule has 24 heavy (non-hydrogen) atoms. The van der Waals surface area contributed by atoms with Gasteiger partial charge in [-0.1, -0.05) is 12.1 Å². The molecule has 1 atom stereocenters. The molecule has 1 saturated carbocycles. The zero-order valence-electron chi connectivity index (χ0n) is 12.8. The van der Waals surface area contributed by atoms with E-state index in [4.69, 9.17) is 10.2 Å². The number of amides is 1. The predicted octanol–water partition coefficient (Wildman–Crippen LogP) is 3.48. The van der Waals surface area contributed by atoms with Crippen molar-refractivity contribution < 1.29 is 13.6 Å². The molecule has 1 aromatic heterocycles. The number of hydrogen-bond acceptors (Lipinski definition) is 4. The van der Waals surface area contributed by atoms with Crippen LogP contribution in [-0.4, -0.2) is 10.9 Å². The molecule has 0 saturated heterocycles. The fourth-order valence-electron chi connectivity index (χ4n) is 2.68. The van der Waals surface area contributed by atoms with Gasteiger partial charge in [-0.05, 0) is 48.7 Å². The van der Waals surface area contributed by atoms with E-state index in [-0.39, 0.29) is 5.82 Å². The summed E-state index contributed by atoms with van der Waals surface area (Å²) in [6.45, 7) is 0. The van der Waals surface area contributed by atoms with Crippen molar-refractivity contribution in [1.29, 1.82) is 0 Å². The van der Waals surface area contributed by atoms with Gasteiger partial charge in [0.25, 0.3) is 0 Å². The summed E-state index contributed by atoms with van der Waals surface area (Å²) in [7, 11) is 0. The van der Waals surface area contributed by atoms with Gasteiger partial charge >= 0.3 is 0 Å². The van der Waals surface area contributed by atoms with Crippen molar-refractivity contribution in [1.82, 2.24) is 4.98 Å². The first-order chi connectivity index (χ1) is 11.6. The SMILES string of the molecule is NC(=O)C(Nc1ccc2oc(C3CC3)nc2c1)c1ccc(F)cc1. The first-order valence-electron chi connectivity index (χ1n) is 7.82. The lowest BCUT2D eigenvalue weighted by Gasteiger charge is -2.17. The third kappa shape index (κ3) is 2.82. The minimum absolute atomic E-state index is 0.362. The van der Waals surface area contributed by atoms with Crippen molar-refractivity contribution in [3.8, 4) is 0 Å². The zero-order chi connectivity index (χ0) is 16.7. The fraction of sp³-hybridized carbons (Fsp3) is 0.222. The summed E-state index contributed by atoms with van der Waals surface area (Å²) >= 11 is 0. The van der Waals surface area contributed by atoms with Crippen LogP contribution in [0, 0.1) is 5.82 Å². The summed E-state index contributed by atoms with van der Waals surface area (Å²) in [5.74, 6) is 0.303. The number of fused-ring (bicyclic) bond motifs is 1. The summed E-state index contributed by atoms with van der Waals surface area (Å²) in [4.78, 5) is 16.3. The van der Waals surface area contributed by atoms with Crippen LogP contribution in [-0.2, 0) is 4.79 Å². The molecular weight excluding hydrogens is 309 g/mol. The number of nitrogens with two attached hydrogens (primary N) is 1. The Morgan fingerprint density at radius 3 is 2.67 bits per heavy atom. The first kappa shape index (κ1) is 14.7. The first-order valence-corrected chi connectivity index (χ1v) is 7.82. The third-order valence-corrected chi connectivity index (χ3v) is 4.13. The second-order valence-electron chi connectivity index (χ2n) is 6.04. The van der Waals surface area contributed by atoms with E-state index in [1.165, 1.54) is 24.3 Å². The summed E-state index contributed by atoms with van der Waals surface area (Å²) in [6, 6.07) is 10.4. The molecule has 0 spiro atoms. The van der Waals surface area contributed by atoms with Crippen molar-refractivity contribution in [2.24, 2.45) is 5.73 Å². The molecule has 5 nitrogen and oxygen atoms in total. The number of carbonyl (C=O) groups is 1. The number of nitrogens with one attached hydrogen (secondary N) is 1. The van der Waals surface area contributed by atoms with Gasteiger partial charge in [0.05, 0.1) is 0 Å². The van der Waals surface area contributed by atoms with Crippen molar-refractivity contribution in [2.45, 2.75) is 24.8 Å². The molecule has 0 radical (unpaired) electrons. The van der Waals surface area contributed by atoms with Crippen LogP contribution in [0.4, 0.5) is 10.1 Å². The molecular formula is C18H16FN3O2. The lowest BCUT2D eigenvalue weighted by molar-refractivity contribution is -0.118. The summed E-state index contributed by atoms with van der Waals surface area (Å²) < 4.78 is 18.8. The van der Waals surface area contributed by atoms with E-state index in [9.17, 15) is 9.18 Å². The maximum atomic E-state index is 13.1. The van der Waals surface area contributed by atoms with E-state index in [1.54, 1.807) is 0 Å². The van der Waals surface area contributed by atoms with Crippen LogP contribution < -0.4 is 11.1 Å². The zero-order valence-corrected chi connectivity index (χ0v) is 12.8.